The van der Waals surface area contributed by atoms with Gasteiger partial charge in [-0.15, -0.1) is 0 Å². The molecule has 0 heterocycles. The van der Waals surface area contributed by atoms with Gasteiger partial charge in [0.15, 0.2) is 0 Å². The lowest BCUT2D eigenvalue weighted by Crippen LogP contribution is -2.30. The van der Waals surface area contributed by atoms with Crippen molar-refractivity contribution in [2.45, 2.75) is 12.5 Å². The summed E-state index contributed by atoms with van der Waals surface area (Å²) in [5.74, 6) is -1.59. The average Bonchev–Trinajstić information content (AvgIpc) is 2.46. The molecular weight excluding hydrogens is 361 g/mol. The SMILES string of the molecule is O=C(O)C[C@@H](NC(=O)c1c(Cl)cccc1Cl)c1ccc(Cl)cc1. The van der Waals surface area contributed by atoms with Gasteiger partial charge in [0.1, 0.15) is 0 Å². The van der Waals surface area contributed by atoms with Crippen molar-refractivity contribution in [2.75, 3.05) is 0 Å². The molecule has 0 aliphatic rings. The lowest BCUT2D eigenvalue weighted by Gasteiger charge is -2.18. The molecule has 0 aliphatic carbocycles. The topological polar surface area (TPSA) is 66.4 Å². The van der Waals surface area contributed by atoms with Crippen molar-refractivity contribution in [2.24, 2.45) is 0 Å². The molecule has 0 spiro atoms. The van der Waals surface area contributed by atoms with Gasteiger partial charge in [-0.05, 0) is 29.8 Å². The number of carboxylic acid groups (broad SMARTS) is 1. The van der Waals surface area contributed by atoms with Crippen LogP contribution >= 0.6 is 34.8 Å². The van der Waals surface area contributed by atoms with E-state index in [0.717, 1.165) is 0 Å². The van der Waals surface area contributed by atoms with Crippen molar-refractivity contribution in [3.8, 4) is 0 Å². The Bertz CT molecular complexity index is 712. The summed E-state index contributed by atoms with van der Waals surface area (Å²) in [6, 6.07) is 10.5. The number of benzene rings is 2. The fraction of sp³-hybridized carbons (Fsp3) is 0.125. The second-order valence-electron chi connectivity index (χ2n) is 4.77. The van der Waals surface area contributed by atoms with Crippen molar-refractivity contribution in [1.29, 1.82) is 0 Å². The highest BCUT2D eigenvalue weighted by Crippen LogP contribution is 2.26. The predicted molar refractivity (Wildman–Crippen MR) is 90.4 cm³/mol. The summed E-state index contributed by atoms with van der Waals surface area (Å²) in [6.45, 7) is 0. The maximum Gasteiger partial charge on any atom is 0.305 e. The molecule has 0 bridgehead atoms. The molecule has 0 aliphatic heterocycles. The van der Waals surface area contributed by atoms with E-state index in [-0.39, 0.29) is 22.0 Å². The zero-order chi connectivity index (χ0) is 17.0. The van der Waals surface area contributed by atoms with Gasteiger partial charge in [-0.1, -0.05) is 53.0 Å². The van der Waals surface area contributed by atoms with Crippen LogP contribution in [0.1, 0.15) is 28.4 Å². The predicted octanol–water partition coefficient (Wildman–Crippen LogP) is 4.59. The number of carboxylic acids is 1. The van der Waals surface area contributed by atoms with E-state index < -0.39 is 17.9 Å². The van der Waals surface area contributed by atoms with Gasteiger partial charge in [-0.2, -0.15) is 0 Å². The quantitative estimate of drug-likeness (QED) is 0.806. The fourth-order valence-corrected chi connectivity index (χ4v) is 2.76. The maximum absolute atomic E-state index is 12.4. The van der Waals surface area contributed by atoms with Crippen molar-refractivity contribution in [1.82, 2.24) is 5.32 Å². The van der Waals surface area contributed by atoms with Crippen molar-refractivity contribution in [3.63, 3.8) is 0 Å². The third kappa shape index (κ3) is 4.61. The number of carbonyl (C=O) groups excluding carboxylic acids is 1. The average molecular weight is 373 g/mol. The summed E-state index contributed by atoms with van der Waals surface area (Å²) < 4.78 is 0. The van der Waals surface area contributed by atoms with Gasteiger partial charge in [0.05, 0.1) is 28.1 Å². The van der Waals surface area contributed by atoms with Crippen LogP contribution in [0.3, 0.4) is 0 Å². The molecule has 1 amide bonds. The molecule has 0 unspecified atom stereocenters. The number of carbonyl (C=O) groups is 2. The number of hydrogen-bond acceptors (Lipinski definition) is 2. The van der Waals surface area contributed by atoms with Crippen LogP contribution < -0.4 is 5.32 Å². The molecule has 120 valence electrons. The molecule has 0 fully saturated rings. The Morgan fingerprint density at radius 2 is 1.57 bits per heavy atom. The summed E-state index contributed by atoms with van der Waals surface area (Å²) in [5, 5.41) is 12.6. The largest absolute Gasteiger partial charge is 0.481 e. The van der Waals surface area contributed by atoms with Crippen LogP contribution in [0.4, 0.5) is 0 Å². The van der Waals surface area contributed by atoms with Crippen LogP contribution in [0.2, 0.25) is 15.1 Å². The number of amides is 1. The molecular formula is C16H12Cl3NO3. The van der Waals surface area contributed by atoms with E-state index in [1.807, 2.05) is 0 Å². The lowest BCUT2D eigenvalue weighted by molar-refractivity contribution is -0.137. The smallest absolute Gasteiger partial charge is 0.305 e. The maximum atomic E-state index is 12.4. The van der Waals surface area contributed by atoms with E-state index in [0.29, 0.717) is 10.6 Å². The third-order valence-corrected chi connectivity index (χ3v) is 4.03. The molecule has 0 saturated carbocycles. The minimum atomic E-state index is -1.05. The Balaban J connectivity index is 2.29. The molecule has 4 nitrogen and oxygen atoms in total. The van der Waals surface area contributed by atoms with Crippen LogP contribution in [0.15, 0.2) is 42.5 Å². The Morgan fingerprint density at radius 3 is 2.09 bits per heavy atom. The Hall–Kier alpha value is -1.75. The first-order valence-corrected chi connectivity index (χ1v) is 7.74. The van der Waals surface area contributed by atoms with Gasteiger partial charge >= 0.3 is 5.97 Å². The summed E-state index contributed by atoms with van der Waals surface area (Å²) in [4.78, 5) is 23.5. The van der Waals surface area contributed by atoms with Crippen molar-refractivity contribution >= 4 is 46.7 Å². The highest BCUT2D eigenvalue weighted by molar-refractivity contribution is 6.39. The van der Waals surface area contributed by atoms with Crippen LogP contribution in [0.25, 0.3) is 0 Å². The van der Waals surface area contributed by atoms with Crippen LogP contribution in [-0.4, -0.2) is 17.0 Å². The van der Waals surface area contributed by atoms with E-state index in [4.69, 9.17) is 39.9 Å². The number of nitrogens with one attached hydrogen (secondary N) is 1. The standard InChI is InChI=1S/C16H12Cl3NO3/c17-10-6-4-9(5-7-10)13(8-14(21)22)20-16(23)15-11(18)2-1-3-12(15)19/h1-7,13H,8H2,(H,20,23)(H,21,22)/t13-/m1/s1. The zero-order valence-electron chi connectivity index (χ0n) is 11.7. The molecule has 2 rings (SSSR count). The Labute approximate surface area is 148 Å². The molecule has 2 N–H and O–H groups in total. The minimum absolute atomic E-state index is 0.111. The molecule has 0 aromatic heterocycles. The highest BCUT2D eigenvalue weighted by Gasteiger charge is 2.21. The van der Waals surface area contributed by atoms with E-state index in [9.17, 15) is 9.59 Å². The van der Waals surface area contributed by atoms with Crippen LogP contribution in [0, 0.1) is 0 Å². The van der Waals surface area contributed by atoms with E-state index in [1.165, 1.54) is 12.1 Å². The summed E-state index contributed by atoms with van der Waals surface area (Å²) in [5.41, 5.74) is 0.730. The molecule has 2 aromatic rings. The zero-order valence-corrected chi connectivity index (χ0v) is 14.0. The van der Waals surface area contributed by atoms with Gasteiger partial charge in [0.25, 0.3) is 5.91 Å². The third-order valence-electron chi connectivity index (χ3n) is 3.15. The summed E-state index contributed by atoms with van der Waals surface area (Å²) in [6.07, 6.45) is -0.282. The number of hydrogen-bond donors (Lipinski definition) is 2. The number of aliphatic carboxylic acids is 1. The second-order valence-corrected chi connectivity index (χ2v) is 6.02. The van der Waals surface area contributed by atoms with Gasteiger partial charge < -0.3 is 10.4 Å². The minimum Gasteiger partial charge on any atom is -0.481 e. The fourth-order valence-electron chi connectivity index (χ4n) is 2.07. The number of rotatable bonds is 5. The van der Waals surface area contributed by atoms with Crippen LogP contribution in [0.5, 0.6) is 0 Å². The van der Waals surface area contributed by atoms with Crippen molar-refractivity contribution in [3.05, 3.63) is 68.7 Å². The van der Waals surface area contributed by atoms with E-state index in [2.05, 4.69) is 5.32 Å². The first kappa shape index (κ1) is 17.6. The summed E-state index contributed by atoms with van der Waals surface area (Å²) in [7, 11) is 0. The Morgan fingerprint density at radius 1 is 1.00 bits per heavy atom. The molecule has 0 radical (unpaired) electrons. The van der Waals surface area contributed by atoms with Gasteiger partial charge in [0.2, 0.25) is 0 Å². The normalized spacial score (nSPS) is 11.8. The molecule has 2 aromatic carbocycles. The van der Waals surface area contributed by atoms with E-state index in [1.54, 1.807) is 30.3 Å². The number of halogens is 3. The van der Waals surface area contributed by atoms with Gasteiger partial charge in [-0.3, -0.25) is 9.59 Å². The van der Waals surface area contributed by atoms with Crippen molar-refractivity contribution < 1.29 is 14.7 Å². The summed E-state index contributed by atoms with van der Waals surface area (Å²) >= 11 is 17.8. The molecule has 1 atom stereocenters. The van der Waals surface area contributed by atoms with Gasteiger partial charge in [-0.25, -0.2) is 0 Å². The molecule has 23 heavy (non-hydrogen) atoms. The highest BCUT2D eigenvalue weighted by atomic mass is 35.5. The second kappa shape index (κ2) is 7.68. The van der Waals surface area contributed by atoms with Crippen LogP contribution in [-0.2, 0) is 4.79 Å². The lowest BCUT2D eigenvalue weighted by atomic mass is 10.0. The first-order chi connectivity index (χ1) is 10.9. The van der Waals surface area contributed by atoms with Gasteiger partial charge in [0, 0.05) is 5.02 Å². The monoisotopic (exact) mass is 371 g/mol. The molecule has 0 saturated heterocycles. The first-order valence-electron chi connectivity index (χ1n) is 6.60. The Kier molecular flexibility index (Phi) is 5.88. The van der Waals surface area contributed by atoms with E-state index >= 15 is 0 Å². The molecule has 7 heteroatoms.